The second kappa shape index (κ2) is 2.87. The monoisotopic (exact) mass is 174 g/mol. The Kier molecular flexibility index (Phi) is 1.94. The van der Waals surface area contributed by atoms with Crippen LogP contribution in [0.1, 0.15) is 43.4 Å². The Hall–Kier alpha value is -0.780. The van der Waals surface area contributed by atoms with Crippen molar-refractivity contribution < 1.29 is 0 Å². The number of aryl methyl sites for hydroxylation is 2. The van der Waals surface area contributed by atoms with E-state index in [0.29, 0.717) is 5.41 Å². The van der Waals surface area contributed by atoms with Crippen molar-refractivity contribution in [3.05, 3.63) is 34.9 Å². The molecular formula is C13H18. The Morgan fingerprint density at radius 1 is 1.38 bits per heavy atom. The fourth-order valence-corrected chi connectivity index (χ4v) is 2.38. The van der Waals surface area contributed by atoms with E-state index in [-0.39, 0.29) is 0 Å². The predicted octanol–water partition coefficient (Wildman–Crippen LogP) is 3.61. The van der Waals surface area contributed by atoms with Gasteiger partial charge in [0, 0.05) is 0 Å². The quantitative estimate of drug-likeness (QED) is 0.610. The second-order valence-electron chi connectivity index (χ2n) is 4.57. The highest BCUT2D eigenvalue weighted by atomic mass is 14.4. The van der Waals surface area contributed by atoms with E-state index >= 15 is 0 Å². The van der Waals surface area contributed by atoms with E-state index in [0.717, 1.165) is 0 Å². The van der Waals surface area contributed by atoms with Gasteiger partial charge in [0.05, 0.1) is 0 Å². The normalized spacial score (nSPS) is 26.1. The third-order valence-electron chi connectivity index (χ3n) is 3.64. The third-order valence-corrected chi connectivity index (χ3v) is 3.64. The molecule has 0 radical (unpaired) electrons. The molecule has 0 heteroatoms. The summed E-state index contributed by atoms with van der Waals surface area (Å²) in [4.78, 5) is 0. The Labute approximate surface area is 81.0 Å². The van der Waals surface area contributed by atoms with Gasteiger partial charge in [0.25, 0.3) is 0 Å². The SMILES string of the molecule is CCC1(C)CCc2ccc(C)cc21. The minimum atomic E-state index is 0.460. The molecule has 0 aromatic heterocycles. The van der Waals surface area contributed by atoms with Crippen molar-refractivity contribution in [2.45, 2.75) is 45.4 Å². The van der Waals surface area contributed by atoms with Crippen LogP contribution in [0.2, 0.25) is 0 Å². The lowest BCUT2D eigenvalue weighted by Gasteiger charge is -2.23. The smallest absolute Gasteiger partial charge is 0.00719 e. The number of fused-ring (bicyclic) bond motifs is 1. The van der Waals surface area contributed by atoms with E-state index in [2.05, 4.69) is 39.0 Å². The second-order valence-corrected chi connectivity index (χ2v) is 4.57. The van der Waals surface area contributed by atoms with E-state index in [1.54, 1.807) is 11.1 Å². The van der Waals surface area contributed by atoms with Crippen LogP contribution in [0, 0.1) is 6.92 Å². The summed E-state index contributed by atoms with van der Waals surface area (Å²) in [6.45, 7) is 6.89. The van der Waals surface area contributed by atoms with E-state index in [4.69, 9.17) is 0 Å². The molecule has 1 aromatic rings. The lowest BCUT2D eigenvalue weighted by molar-refractivity contribution is 0.453. The molecule has 0 saturated heterocycles. The lowest BCUT2D eigenvalue weighted by atomic mass is 9.81. The molecule has 1 aliphatic carbocycles. The first-order valence-corrected chi connectivity index (χ1v) is 5.26. The molecule has 0 N–H and O–H groups in total. The Bertz CT molecular complexity index is 325. The Balaban J connectivity index is 2.52. The summed E-state index contributed by atoms with van der Waals surface area (Å²) in [5.74, 6) is 0. The summed E-state index contributed by atoms with van der Waals surface area (Å²) >= 11 is 0. The van der Waals surface area contributed by atoms with Crippen molar-refractivity contribution in [2.75, 3.05) is 0 Å². The van der Waals surface area contributed by atoms with E-state index in [9.17, 15) is 0 Å². The van der Waals surface area contributed by atoms with Crippen LogP contribution in [0.4, 0.5) is 0 Å². The first-order valence-electron chi connectivity index (χ1n) is 5.26. The average molecular weight is 174 g/mol. The fraction of sp³-hybridized carbons (Fsp3) is 0.538. The highest BCUT2D eigenvalue weighted by Crippen LogP contribution is 2.41. The summed E-state index contributed by atoms with van der Waals surface area (Å²) < 4.78 is 0. The van der Waals surface area contributed by atoms with Crippen molar-refractivity contribution in [3.63, 3.8) is 0 Å². The van der Waals surface area contributed by atoms with Crippen molar-refractivity contribution in [2.24, 2.45) is 0 Å². The molecule has 0 bridgehead atoms. The van der Waals surface area contributed by atoms with Crippen LogP contribution in [-0.2, 0) is 11.8 Å². The van der Waals surface area contributed by atoms with Crippen molar-refractivity contribution >= 4 is 0 Å². The zero-order chi connectivity index (χ0) is 9.47. The molecule has 2 rings (SSSR count). The van der Waals surface area contributed by atoms with Gasteiger partial charge in [-0.3, -0.25) is 0 Å². The zero-order valence-corrected chi connectivity index (χ0v) is 8.85. The molecule has 1 unspecified atom stereocenters. The van der Waals surface area contributed by atoms with E-state index in [1.807, 2.05) is 0 Å². The van der Waals surface area contributed by atoms with Crippen LogP contribution in [0.25, 0.3) is 0 Å². The molecule has 0 fully saturated rings. The van der Waals surface area contributed by atoms with Gasteiger partial charge in [-0.25, -0.2) is 0 Å². The van der Waals surface area contributed by atoms with Crippen LogP contribution in [0.15, 0.2) is 18.2 Å². The van der Waals surface area contributed by atoms with Gasteiger partial charge in [0.2, 0.25) is 0 Å². The third kappa shape index (κ3) is 1.29. The lowest BCUT2D eigenvalue weighted by Crippen LogP contribution is -2.16. The van der Waals surface area contributed by atoms with Gasteiger partial charge in [0.15, 0.2) is 0 Å². The van der Waals surface area contributed by atoms with Crippen LogP contribution in [0.3, 0.4) is 0 Å². The van der Waals surface area contributed by atoms with E-state index in [1.165, 1.54) is 24.8 Å². The Morgan fingerprint density at radius 3 is 2.85 bits per heavy atom. The van der Waals surface area contributed by atoms with Crippen LogP contribution < -0.4 is 0 Å². The van der Waals surface area contributed by atoms with Gasteiger partial charge in [-0.15, -0.1) is 0 Å². The summed E-state index contributed by atoms with van der Waals surface area (Å²) in [6.07, 6.45) is 3.88. The Morgan fingerprint density at radius 2 is 2.15 bits per heavy atom. The molecule has 13 heavy (non-hydrogen) atoms. The van der Waals surface area contributed by atoms with E-state index < -0.39 is 0 Å². The maximum absolute atomic E-state index is 2.40. The van der Waals surface area contributed by atoms with Crippen LogP contribution >= 0.6 is 0 Å². The summed E-state index contributed by atoms with van der Waals surface area (Å²) in [7, 11) is 0. The van der Waals surface area contributed by atoms with Gasteiger partial charge >= 0.3 is 0 Å². The van der Waals surface area contributed by atoms with Gasteiger partial charge in [-0.2, -0.15) is 0 Å². The van der Waals surface area contributed by atoms with Gasteiger partial charge in [-0.05, 0) is 42.7 Å². The highest BCUT2D eigenvalue weighted by Gasteiger charge is 2.32. The molecule has 0 nitrogen and oxygen atoms in total. The predicted molar refractivity (Wildman–Crippen MR) is 57.1 cm³/mol. The van der Waals surface area contributed by atoms with Crippen molar-refractivity contribution in [3.8, 4) is 0 Å². The first-order chi connectivity index (χ1) is 6.15. The minimum absolute atomic E-state index is 0.460. The molecule has 0 aliphatic heterocycles. The van der Waals surface area contributed by atoms with Crippen LogP contribution in [0.5, 0.6) is 0 Å². The molecule has 0 heterocycles. The molecule has 1 aromatic carbocycles. The van der Waals surface area contributed by atoms with Gasteiger partial charge in [-0.1, -0.05) is 37.6 Å². The van der Waals surface area contributed by atoms with Crippen LogP contribution in [-0.4, -0.2) is 0 Å². The molecule has 1 aliphatic rings. The molecule has 70 valence electrons. The summed E-state index contributed by atoms with van der Waals surface area (Å²) in [6, 6.07) is 6.93. The minimum Gasteiger partial charge on any atom is -0.0645 e. The van der Waals surface area contributed by atoms with Crippen molar-refractivity contribution in [1.29, 1.82) is 0 Å². The number of benzene rings is 1. The largest absolute Gasteiger partial charge is 0.0645 e. The summed E-state index contributed by atoms with van der Waals surface area (Å²) in [5.41, 5.74) is 5.05. The number of rotatable bonds is 1. The van der Waals surface area contributed by atoms with Crippen molar-refractivity contribution in [1.82, 2.24) is 0 Å². The maximum Gasteiger partial charge on any atom is -0.00719 e. The summed E-state index contributed by atoms with van der Waals surface area (Å²) in [5, 5.41) is 0. The topological polar surface area (TPSA) is 0 Å². The molecule has 0 saturated carbocycles. The molecule has 0 amide bonds. The maximum atomic E-state index is 2.40. The molecule has 0 spiro atoms. The van der Waals surface area contributed by atoms with Gasteiger partial charge < -0.3 is 0 Å². The molecular weight excluding hydrogens is 156 g/mol. The number of hydrogen-bond acceptors (Lipinski definition) is 0. The van der Waals surface area contributed by atoms with Gasteiger partial charge in [0.1, 0.15) is 0 Å². The fourth-order valence-electron chi connectivity index (χ4n) is 2.38. The zero-order valence-electron chi connectivity index (χ0n) is 8.85. The highest BCUT2D eigenvalue weighted by molar-refractivity contribution is 5.41. The first kappa shape index (κ1) is 8.80. The standard InChI is InChI=1S/C13H18/c1-4-13(3)8-7-11-6-5-10(2)9-12(11)13/h5-6,9H,4,7-8H2,1-3H3. The number of hydrogen-bond donors (Lipinski definition) is 0. The average Bonchev–Trinajstić information content (AvgIpc) is 2.45. The molecule has 1 atom stereocenters.